The Morgan fingerprint density at radius 3 is 2.47 bits per heavy atom. The molecule has 0 atom stereocenters. The third-order valence-corrected chi connectivity index (χ3v) is 2.66. The molecule has 0 amide bonds. The lowest BCUT2D eigenvalue weighted by Gasteiger charge is -2.04. The second-order valence-electron chi connectivity index (χ2n) is 4.22. The molecule has 1 aromatic carbocycles. The van der Waals surface area contributed by atoms with E-state index in [1.54, 1.807) is 0 Å². The molecule has 19 heavy (non-hydrogen) atoms. The average Bonchev–Trinajstić information content (AvgIpc) is 2.67. The first-order valence-corrected chi connectivity index (χ1v) is 5.90. The molecule has 0 aliphatic carbocycles. The molecule has 2 aromatic rings. The fourth-order valence-corrected chi connectivity index (χ4v) is 1.79. The molecule has 0 spiro atoms. The molecule has 1 N–H and O–H groups in total. The molecule has 2 rings (SSSR count). The molecule has 0 saturated heterocycles. The number of halogens is 2. The Kier molecular flexibility index (Phi) is 4.16. The SMILES string of the molecule is CNCc1cc(COc2cc(F)cc(F)c2)oc1C. The minimum Gasteiger partial charge on any atom is -0.485 e. The van der Waals surface area contributed by atoms with E-state index < -0.39 is 11.6 Å². The third kappa shape index (κ3) is 3.54. The topological polar surface area (TPSA) is 34.4 Å². The molecule has 0 bridgehead atoms. The molecule has 3 nitrogen and oxygen atoms in total. The number of furan rings is 1. The van der Waals surface area contributed by atoms with Crippen LogP contribution in [0.3, 0.4) is 0 Å². The van der Waals surface area contributed by atoms with Crippen molar-refractivity contribution in [2.45, 2.75) is 20.1 Å². The Morgan fingerprint density at radius 2 is 1.84 bits per heavy atom. The quantitative estimate of drug-likeness (QED) is 0.903. The van der Waals surface area contributed by atoms with Gasteiger partial charge in [0.15, 0.2) is 0 Å². The van der Waals surface area contributed by atoms with Crippen molar-refractivity contribution in [1.29, 1.82) is 0 Å². The summed E-state index contributed by atoms with van der Waals surface area (Å²) < 4.78 is 36.7. The van der Waals surface area contributed by atoms with Gasteiger partial charge in [-0.25, -0.2) is 8.78 Å². The molecule has 0 aliphatic heterocycles. The molecular formula is C14H15F2NO2. The predicted molar refractivity (Wildman–Crippen MR) is 66.9 cm³/mol. The van der Waals surface area contributed by atoms with Crippen LogP contribution in [0, 0.1) is 18.6 Å². The lowest BCUT2D eigenvalue weighted by atomic mass is 10.2. The molecule has 0 fully saturated rings. The van der Waals surface area contributed by atoms with Gasteiger partial charge in [-0.2, -0.15) is 0 Å². The molecule has 1 heterocycles. The van der Waals surface area contributed by atoms with E-state index in [0.717, 1.165) is 29.5 Å². The number of ether oxygens (including phenoxy) is 1. The van der Waals surface area contributed by atoms with Crippen LogP contribution >= 0.6 is 0 Å². The number of hydrogen-bond acceptors (Lipinski definition) is 3. The van der Waals surface area contributed by atoms with E-state index in [2.05, 4.69) is 5.32 Å². The maximum Gasteiger partial charge on any atom is 0.146 e. The Bertz CT molecular complexity index is 546. The van der Waals surface area contributed by atoms with Gasteiger partial charge in [-0.15, -0.1) is 0 Å². The maximum absolute atomic E-state index is 13.0. The smallest absolute Gasteiger partial charge is 0.146 e. The second-order valence-corrected chi connectivity index (χ2v) is 4.22. The number of benzene rings is 1. The van der Waals surface area contributed by atoms with Gasteiger partial charge in [0.2, 0.25) is 0 Å². The zero-order valence-electron chi connectivity index (χ0n) is 10.8. The molecular weight excluding hydrogens is 252 g/mol. The minimum absolute atomic E-state index is 0.132. The van der Waals surface area contributed by atoms with Gasteiger partial charge in [-0.1, -0.05) is 0 Å². The highest BCUT2D eigenvalue weighted by Crippen LogP contribution is 2.19. The van der Waals surface area contributed by atoms with Crippen LogP contribution < -0.4 is 10.1 Å². The van der Waals surface area contributed by atoms with Gasteiger partial charge in [0.1, 0.15) is 35.5 Å². The zero-order valence-corrected chi connectivity index (χ0v) is 10.8. The molecule has 5 heteroatoms. The van der Waals surface area contributed by atoms with Crippen molar-refractivity contribution in [3.8, 4) is 5.75 Å². The molecule has 0 radical (unpaired) electrons. The Morgan fingerprint density at radius 1 is 1.16 bits per heavy atom. The van der Waals surface area contributed by atoms with Crippen molar-refractivity contribution in [2.24, 2.45) is 0 Å². The van der Waals surface area contributed by atoms with Gasteiger partial charge in [-0.05, 0) is 20.0 Å². The predicted octanol–water partition coefficient (Wildman–Crippen LogP) is 3.16. The van der Waals surface area contributed by atoms with Crippen LogP contribution in [0.5, 0.6) is 5.75 Å². The average molecular weight is 267 g/mol. The Balaban J connectivity index is 2.03. The fourth-order valence-electron chi connectivity index (χ4n) is 1.79. The summed E-state index contributed by atoms with van der Waals surface area (Å²) in [5.74, 6) is 0.232. The zero-order chi connectivity index (χ0) is 13.8. The summed E-state index contributed by atoms with van der Waals surface area (Å²) in [5.41, 5.74) is 1.03. The Labute approximate surface area is 110 Å². The number of hydrogen-bond donors (Lipinski definition) is 1. The molecule has 1 aromatic heterocycles. The van der Waals surface area contributed by atoms with Gasteiger partial charge in [0, 0.05) is 30.3 Å². The first kappa shape index (κ1) is 13.5. The first-order valence-electron chi connectivity index (χ1n) is 5.90. The highest BCUT2D eigenvalue weighted by Gasteiger charge is 2.08. The van der Waals surface area contributed by atoms with Crippen molar-refractivity contribution in [3.05, 3.63) is 53.0 Å². The van der Waals surface area contributed by atoms with Gasteiger partial charge < -0.3 is 14.5 Å². The van der Waals surface area contributed by atoms with Crippen LogP contribution in [0.2, 0.25) is 0 Å². The third-order valence-electron chi connectivity index (χ3n) is 2.66. The maximum atomic E-state index is 13.0. The number of rotatable bonds is 5. The van der Waals surface area contributed by atoms with Crippen molar-refractivity contribution in [2.75, 3.05) is 7.05 Å². The highest BCUT2D eigenvalue weighted by molar-refractivity contribution is 5.25. The van der Waals surface area contributed by atoms with Crippen LogP contribution in [0.1, 0.15) is 17.1 Å². The van der Waals surface area contributed by atoms with E-state index in [1.165, 1.54) is 0 Å². The normalized spacial score (nSPS) is 10.7. The van der Waals surface area contributed by atoms with Gasteiger partial charge in [0.05, 0.1) is 0 Å². The summed E-state index contributed by atoms with van der Waals surface area (Å²) in [6, 6.07) is 4.93. The van der Waals surface area contributed by atoms with Crippen LogP contribution in [-0.2, 0) is 13.2 Å². The standard InChI is InChI=1S/C14H15F2NO2/c1-9-10(7-17-2)3-14(19-9)8-18-13-5-11(15)4-12(16)6-13/h3-6,17H,7-8H2,1-2H3. The first-order chi connectivity index (χ1) is 9.08. The van der Waals surface area contributed by atoms with E-state index >= 15 is 0 Å². The molecule has 0 saturated carbocycles. The van der Waals surface area contributed by atoms with Gasteiger partial charge in [-0.3, -0.25) is 0 Å². The van der Waals surface area contributed by atoms with Gasteiger partial charge in [0.25, 0.3) is 0 Å². The summed E-state index contributed by atoms with van der Waals surface area (Å²) in [4.78, 5) is 0. The van der Waals surface area contributed by atoms with Crippen LogP contribution in [0.25, 0.3) is 0 Å². The van der Waals surface area contributed by atoms with Crippen LogP contribution in [-0.4, -0.2) is 7.05 Å². The molecule has 0 aliphatic rings. The summed E-state index contributed by atoms with van der Waals surface area (Å²) in [7, 11) is 1.85. The van der Waals surface area contributed by atoms with Crippen molar-refractivity contribution in [1.82, 2.24) is 5.32 Å². The van der Waals surface area contributed by atoms with Crippen molar-refractivity contribution in [3.63, 3.8) is 0 Å². The fraction of sp³-hybridized carbons (Fsp3) is 0.286. The molecule has 0 unspecified atom stereocenters. The van der Waals surface area contributed by atoms with Crippen LogP contribution in [0.4, 0.5) is 8.78 Å². The van der Waals surface area contributed by atoms with Crippen LogP contribution in [0.15, 0.2) is 28.7 Å². The van der Waals surface area contributed by atoms with E-state index in [0.29, 0.717) is 12.3 Å². The van der Waals surface area contributed by atoms with E-state index in [4.69, 9.17) is 9.15 Å². The summed E-state index contributed by atoms with van der Waals surface area (Å²) >= 11 is 0. The van der Waals surface area contributed by atoms with Gasteiger partial charge >= 0.3 is 0 Å². The second kappa shape index (κ2) is 5.84. The Hall–Kier alpha value is -1.88. The monoisotopic (exact) mass is 267 g/mol. The summed E-state index contributed by atoms with van der Waals surface area (Å²) in [5, 5.41) is 3.03. The van der Waals surface area contributed by atoms with E-state index in [-0.39, 0.29) is 12.4 Å². The lowest BCUT2D eigenvalue weighted by molar-refractivity contribution is 0.265. The van der Waals surface area contributed by atoms with E-state index in [9.17, 15) is 8.78 Å². The number of nitrogens with one attached hydrogen (secondary N) is 1. The molecule has 102 valence electrons. The van der Waals surface area contributed by atoms with Crippen molar-refractivity contribution >= 4 is 0 Å². The van der Waals surface area contributed by atoms with Crippen molar-refractivity contribution < 1.29 is 17.9 Å². The largest absolute Gasteiger partial charge is 0.485 e. The minimum atomic E-state index is -0.665. The number of aryl methyl sites for hydroxylation is 1. The lowest BCUT2D eigenvalue weighted by Crippen LogP contribution is -2.04. The highest BCUT2D eigenvalue weighted by atomic mass is 19.1. The summed E-state index contributed by atoms with van der Waals surface area (Å²) in [6.45, 7) is 2.69. The van der Waals surface area contributed by atoms with E-state index in [1.807, 2.05) is 20.0 Å². The summed E-state index contributed by atoms with van der Waals surface area (Å²) in [6.07, 6.45) is 0.